The highest BCUT2D eigenvalue weighted by molar-refractivity contribution is 5.95. The Hall–Kier alpha value is -2.96. The zero-order valence-electron chi connectivity index (χ0n) is 16.9. The number of urea groups is 1. The lowest BCUT2D eigenvalue weighted by atomic mass is 9.90. The van der Waals surface area contributed by atoms with Gasteiger partial charge in [0.15, 0.2) is 0 Å². The SMILES string of the molecule is CCNC(=O)N1CCC(c2nc(C)ccc2C(=O)NCc2cccc(F)c2)CC1. The van der Waals surface area contributed by atoms with Crippen molar-refractivity contribution < 1.29 is 14.0 Å². The van der Waals surface area contributed by atoms with Crippen molar-refractivity contribution in [2.75, 3.05) is 19.6 Å². The average Bonchev–Trinajstić information content (AvgIpc) is 2.72. The van der Waals surface area contributed by atoms with Crippen molar-refractivity contribution >= 4 is 11.9 Å². The van der Waals surface area contributed by atoms with Gasteiger partial charge in [0.05, 0.1) is 11.3 Å². The minimum Gasteiger partial charge on any atom is -0.348 e. The molecule has 1 aliphatic rings. The molecular formula is C22H27FN4O2. The van der Waals surface area contributed by atoms with Crippen LogP contribution in [0.5, 0.6) is 0 Å². The number of carbonyl (C=O) groups excluding carboxylic acids is 2. The summed E-state index contributed by atoms with van der Waals surface area (Å²) in [5.41, 5.74) is 2.88. The Kier molecular flexibility index (Phi) is 6.80. The number of piperidine rings is 1. The van der Waals surface area contributed by atoms with Gasteiger partial charge in [-0.05, 0) is 56.5 Å². The number of hydrogen-bond donors (Lipinski definition) is 2. The fourth-order valence-corrected chi connectivity index (χ4v) is 3.62. The first-order valence-electron chi connectivity index (χ1n) is 10.0. The second-order valence-corrected chi connectivity index (χ2v) is 7.29. The largest absolute Gasteiger partial charge is 0.348 e. The number of amides is 3. The number of carbonyl (C=O) groups is 2. The summed E-state index contributed by atoms with van der Waals surface area (Å²) >= 11 is 0. The summed E-state index contributed by atoms with van der Waals surface area (Å²) in [4.78, 5) is 31.3. The first-order valence-corrected chi connectivity index (χ1v) is 10.0. The Bertz CT molecular complexity index is 879. The van der Waals surface area contributed by atoms with Crippen LogP contribution in [0.25, 0.3) is 0 Å². The van der Waals surface area contributed by atoms with Crippen molar-refractivity contribution in [3.63, 3.8) is 0 Å². The van der Waals surface area contributed by atoms with Crippen molar-refractivity contribution in [2.45, 2.75) is 39.2 Å². The molecule has 0 aliphatic carbocycles. The highest BCUT2D eigenvalue weighted by Gasteiger charge is 2.27. The molecule has 0 bridgehead atoms. The lowest BCUT2D eigenvalue weighted by Crippen LogP contribution is -2.44. The maximum atomic E-state index is 13.3. The molecule has 1 aliphatic heterocycles. The number of benzene rings is 1. The Morgan fingerprint density at radius 1 is 1.17 bits per heavy atom. The molecule has 1 aromatic heterocycles. The molecule has 2 N–H and O–H groups in total. The van der Waals surface area contributed by atoms with Gasteiger partial charge in [0, 0.05) is 37.8 Å². The molecule has 0 radical (unpaired) electrons. The van der Waals surface area contributed by atoms with Crippen molar-refractivity contribution in [1.82, 2.24) is 20.5 Å². The summed E-state index contributed by atoms with van der Waals surface area (Å²) in [5.74, 6) is -0.424. The minimum atomic E-state index is -0.326. The molecule has 6 nitrogen and oxygen atoms in total. The van der Waals surface area contributed by atoms with E-state index >= 15 is 0 Å². The predicted octanol–water partition coefficient (Wildman–Crippen LogP) is 3.37. The second kappa shape index (κ2) is 9.49. The summed E-state index contributed by atoms with van der Waals surface area (Å²) in [6, 6.07) is 9.76. The Morgan fingerprint density at radius 2 is 1.93 bits per heavy atom. The first kappa shape index (κ1) is 20.8. The van der Waals surface area contributed by atoms with Crippen LogP contribution in [0.3, 0.4) is 0 Å². The van der Waals surface area contributed by atoms with Crippen molar-refractivity contribution in [3.8, 4) is 0 Å². The lowest BCUT2D eigenvalue weighted by Gasteiger charge is -2.32. The quantitative estimate of drug-likeness (QED) is 0.811. The van der Waals surface area contributed by atoms with Gasteiger partial charge < -0.3 is 15.5 Å². The topological polar surface area (TPSA) is 74.3 Å². The van der Waals surface area contributed by atoms with Crippen LogP contribution in [0.4, 0.5) is 9.18 Å². The number of aromatic nitrogens is 1. The van der Waals surface area contributed by atoms with Crippen LogP contribution >= 0.6 is 0 Å². The normalized spacial score (nSPS) is 14.5. The monoisotopic (exact) mass is 398 g/mol. The third-order valence-corrected chi connectivity index (χ3v) is 5.15. The van der Waals surface area contributed by atoms with Gasteiger partial charge in [-0.25, -0.2) is 9.18 Å². The summed E-state index contributed by atoms with van der Waals surface area (Å²) in [6.45, 7) is 5.93. The van der Waals surface area contributed by atoms with Gasteiger partial charge in [-0.15, -0.1) is 0 Å². The Morgan fingerprint density at radius 3 is 2.62 bits per heavy atom. The van der Waals surface area contributed by atoms with E-state index in [9.17, 15) is 14.0 Å². The number of pyridine rings is 1. The number of halogens is 1. The van der Waals surface area contributed by atoms with Crippen molar-refractivity contribution in [3.05, 3.63) is 64.7 Å². The van der Waals surface area contributed by atoms with E-state index in [0.717, 1.165) is 24.2 Å². The molecule has 2 aromatic rings. The van der Waals surface area contributed by atoms with Crippen LogP contribution in [-0.2, 0) is 6.54 Å². The van der Waals surface area contributed by atoms with Gasteiger partial charge >= 0.3 is 6.03 Å². The van der Waals surface area contributed by atoms with Crippen LogP contribution < -0.4 is 10.6 Å². The zero-order valence-corrected chi connectivity index (χ0v) is 16.9. The van der Waals surface area contributed by atoms with E-state index in [4.69, 9.17) is 0 Å². The minimum absolute atomic E-state index is 0.0452. The van der Waals surface area contributed by atoms with E-state index in [0.29, 0.717) is 30.8 Å². The molecule has 29 heavy (non-hydrogen) atoms. The van der Waals surface area contributed by atoms with Crippen LogP contribution in [-0.4, -0.2) is 41.5 Å². The molecule has 0 saturated carbocycles. The van der Waals surface area contributed by atoms with Gasteiger partial charge in [0.25, 0.3) is 5.91 Å². The van der Waals surface area contributed by atoms with E-state index in [1.165, 1.54) is 12.1 Å². The van der Waals surface area contributed by atoms with Gasteiger partial charge in [-0.1, -0.05) is 12.1 Å². The number of aryl methyl sites for hydroxylation is 1. The molecule has 2 heterocycles. The number of likely N-dealkylation sites (tertiary alicyclic amines) is 1. The molecule has 154 valence electrons. The fraction of sp³-hybridized carbons (Fsp3) is 0.409. The van der Waals surface area contributed by atoms with Gasteiger partial charge in [0.2, 0.25) is 0 Å². The smallest absolute Gasteiger partial charge is 0.317 e. The predicted molar refractivity (Wildman–Crippen MR) is 109 cm³/mol. The third-order valence-electron chi connectivity index (χ3n) is 5.15. The Labute approximate surface area is 170 Å². The molecule has 3 amide bonds. The molecule has 0 spiro atoms. The van der Waals surface area contributed by atoms with Gasteiger partial charge in [-0.3, -0.25) is 9.78 Å². The summed E-state index contributed by atoms with van der Waals surface area (Å²) in [5, 5.41) is 5.69. The third kappa shape index (κ3) is 5.31. The van der Waals surface area contributed by atoms with Crippen LogP contribution in [0, 0.1) is 12.7 Å². The molecule has 3 rings (SSSR count). The van der Waals surface area contributed by atoms with Crippen molar-refractivity contribution in [2.24, 2.45) is 0 Å². The highest BCUT2D eigenvalue weighted by atomic mass is 19.1. The maximum absolute atomic E-state index is 13.3. The van der Waals surface area contributed by atoms with Crippen LogP contribution in [0.15, 0.2) is 36.4 Å². The van der Waals surface area contributed by atoms with Crippen LogP contribution in [0.1, 0.15) is 53.0 Å². The zero-order chi connectivity index (χ0) is 20.8. The number of nitrogens with zero attached hydrogens (tertiary/aromatic N) is 2. The van der Waals surface area contributed by atoms with E-state index in [1.807, 2.05) is 19.9 Å². The van der Waals surface area contributed by atoms with Gasteiger partial charge in [0.1, 0.15) is 5.82 Å². The average molecular weight is 398 g/mol. The van der Waals surface area contributed by atoms with Crippen molar-refractivity contribution in [1.29, 1.82) is 0 Å². The lowest BCUT2D eigenvalue weighted by molar-refractivity contribution is 0.0947. The number of nitrogens with one attached hydrogen (secondary N) is 2. The molecule has 0 atom stereocenters. The molecule has 1 aromatic carbocycles. The molecule has 1 fully saturated rings. The fourth-order valence-electron chi connectivity index (χ4n) is 3.62. The number of hydrogen-bond acceptors (Lipinski definition) is 3. The summed E-state index contributed by atoms with van der Waals surface area (Å²) in [7, 11) is 0. The molecule has 1 saturated heterocycles. The molecule has 7 heteroatoms. The van der Waals surface area contributed by atoms with Crippen LogP contribution in [0.2, 0.25) is 0 Å². The standard InChI is InChI=1S/C22H27FN4O2/c1-3-24-22(29)27-11-9-17(10-12-27)20-19(8-7-15(2)26-20)21(28)25-14-16-5-4-6-18(23)13-16/h4-8,13,17H,3,9-12,14H2,1-2H3,(H,24,29)(H,25,28). The van der Waals surface area contributed by atoms with E-state index < -0.39 is 0 Å². The first-order chi connectivity index (χ1) is 14.0. The van der Waals surface area contributed by atoms with E-state index in [-0.39, 0.29) is 30.2 Å². The second-order valence-electron chi connectivity index (χ2n) is 7.29. The summed E-state index contributed by atoms with van der Waals surface area (Å²) < 4.78 is 13.3. The number of rotatable bonds is 5. The Balaban J connectivity index is 1.69. The van der Waals surface area contributed by atoms with E-state index in [1.54, 1.807) is 23.1 Å². The van der Waals surface area contributed by atoms with E-state index in [2.05, 4.69) is 15.6 Å². The maximum Gasteiger partial charge on any atom is 0.317 e. The highest BCUT2D eigenvalue weighted by Crippen LogP contribution is 2.29. The molecular weight excluding hydrogens is 371 g/mol. The van der Waals surface area contributed by atoms with Gasteiger partial charge in [-0.2, -0.15) is 0 Å². The molecule has 0 unspecified atom stereocenters. The summed E-state index contributed by atoms with van der Waals surface area (Å²) in [6.07, 6.45) is 1.52.